The quantitative estimate of drug-likeness (QED) is 0.127. The van der Waals surface area contributed by atoms with Crippen molar-refractivity contribution in [2.24, 2.45) is 34.5 Å². The Bertz CT molecular complexity index is 1570. The molecule has 0 unspecified atom stereocenters. The summed E-state index contributed by atoms with van der Waals surface area (Å²) in [6.45, 7) is 11.5. The molecule has 0 radical (unpaired) electrons. The summed E-state index contributed by atoms with van der Waals surface area (Å²) in [6, 6.07) is 13.0. The normalized spacial score (nSPS) is 41.4. The van der Waals surface area contributed by atoms with Gasteiger partial charge in [-0.2, -0.15) is 0 Å². The average molecular weight is 721 g/mol. The number of hydrogen-bond donors (Lipinski definition) is 0. The van der Waals surface area contributed by atoms with E-state index in [4.69, 9.17) is 11.6 Å². The predicted octanol–water partition coefficient (Wildman–Crippen LogP) is 9.40. The number of hydrogen-bond acceptors (Lipinski definition) is 2. The van der Waals surface area contributed by atoms with Gasteiger partial charge in [0.1, 0.15) is 37.0 Å². The van der Waals surface area contributed by atoms with Gasteiger partial charge in [0.05, 0.1) is 0 Å². The minimum Gasteiger partial charge on any atom is -0.299 e. The van der Waals surface area contributed by atoms with Crippen LogP contribution in [0.5, 0.6) is 0 Å². The predicted molar refractivity (Wildman–Crippen MR) is 198 cm³/mol. The summed E-state index contributed by atoms with van der Waals surface area (Å²) in [5.74, 6) is 4.83. The third kappa shape index (κ3) is 6.15. The number of ketones is 2. The summed E-state index contributed by atoms with van der Waals surface area (Å²) in [6.07, 6.45) is 12.9. The maximum absolute atomic E-state index is 13.5. The van der Waals surface area contributed by atoms with Gasteiger partial charge in [0.15, 0.2) is 25.6 Å². The molecule has 4 saturated carbocycles. The molecule has 0 spiro atoms. The molecule has 3 heterocycles. The molecule has 0 aromatic heterocycles. The SMILES string of the molecule is C[C@]12CC[C@@H]3c4ccc(F)cc4CC[C@H]3[C@@H]1CCC2=O.Cc1ccc2c(c1)CC[C@@H]1[C@@H]2CC[C@]2(C)C(=O)CC[C@@H]12.F[N+]12CC[N+](CCl)(CC1)CC2. The molecule has 0 N–H and O–H groups in total. The highest BCUT2D eigenvalue weighted by molar-refractivity contribution is 6.17. The summed E-state index contributed by atoms with van der Waals surface area (Å²) in [7, 11) is 0. The highest BCUT2D eigenvalue weighted by atomic mass is 35.5. The van der Waals surface area contributed by atoms with Crippen LogP contribution in [0.15, 0.2) is 36.4 Å². The van der Waals surface area contributed by atoms with Crippen molar-refractivity contribution in [2.45, 2.75) is 110 Å². The number of piperazine rings is 3. The number of Topliss-reactive ketones (excluding diaryl/α,β-unsaturated/α-hetero) is 2. The van der Waals surface area contributed by atoms with E-state index in [-0.39, 0.29) is 21.4 Å². The Kier molecular flexibility index (Phi) is 9.35. The van der Waals surface area contributed by atoms with E-state index in [2.05, 4.69) is 39.0 Å². The topological polar surface area (TPSA) is 34.1 Å². The van der Waals surface area contributed by atoms with Gasteiger partial charge in [-0.15, -0.1) is 4.71 Å². The molecule has 9 aliphatic rings. The highest BCUT2D eigenvalue weighted by Gasteiger charge is 2.56. The van der Waals surface area contributed by atoms with Crippen molar-refractivity contribution >= 4 is 23.2 Å². The zero-order valence-corrected chi connectivity index (χ0v) is 32.0. The molecule has 2 aromatic rings. The van der Waals surface area contributed by atoms with E-state index in [1.807, 2.05) is 6.07 Å². The van der Waals surface area contributed by atoms with Crippen molar-refractivity contribution in [3.63, 3.8) is 0 Å². The van der Waals surface area contributed by atoms with Gasteiger partial charge in [0, 0.05) is 23.7 Å². The van der Waals surface area contributed by atoms with Crippen LogP contribution in [-0.2, 0) is 22.4 Å². The van der Waals surface area contributed by atoms with E-state index in [0.717, 1.165) is 93.7 Å². The number of halogens is 3. The number of aryl methyl sites for hydroxylation is 3. The summed E-state index contributed by atoms with van der Waals surface area (Å²) in [5, 5.41) is 0. The van der Waals surface area contributed by atoms with Gasteiger partial charge in [-0.3, -0.25) is 14.1 Å². The first-order chi connectivity index (χ1) is 24.4. The average Bonchev–Trinajstić information content (AvgIpc) is 3.62. The monoisotopic (exact) mass is 720 g/mol. The lowest BCUT2D eigenvalue weighted by atomic mass is 9.55. The molecule has 7 heteroatoms. The Morgan fingerprint density at radius 2 is 1.18 bits per heavy atom. The maximum Gasteiger partial charge on any atom is 0.164 e. The zero-order valence-electron chi connectivity index (χ0n) is 31.2. The molecule has 276 valence electrons. The fraction of sp³-hybridized carbons (Fsp3) is 0.682. The molecule has 11 rings (SSSR count). The number of fused-ring (bicyclic) bond motifs is 13. The fourth-order valence-corrected chi connectivity index (χ4v) is 13.2. The lowest BCUT2D eigenvalue weighted by Gasteiger charge is -2.48. The second-order valence-electron chi connectivity index (χ2n) is 18.5. The molecule has 2 aromatic carbocycles. The third-order valence-electron chi connectivity index (χ3n) is 16.2. The van der Waals surface area contributed by atoms with Crippen molar-refractivity contribution in [1.29, 1.82) is 0 Å². The number of quaternary nitrogens is 2. The van der Waals surface area contributed by atoms with E-state index in [1.54, 1.807) is 23.3 Å². The minimum absolute atomic E-state index is 0.0172. The largest absolute Gasteiger partial charge is 0.299 e. The Hall–Kier alpha value is -2.15. The molecule has 4 nitrogen and oxygen atoms in total. The summed E-state index contributed by atoms with van der Waals surface area (Å²) in [5.41, 5.74) is 7.11. The number of alkyl halides is 1. The lowest BCUT2D eigenvalue weighted by Crippen LogP contribution is -2.71. The van der Waals surface area contributed by atoms with E-state index < -0.39 is 0 Å². The molecule has 8 atom stereocenters. The molecule has 2 bridgehead atoms. The van der Waals surface area contributed by atoms with E-state index >= 15 is 0 Å². The van der Waals surface area contributed by atoms with E-state index in [9.17, 15) is 18.5 Å². The van der Waals surface area contributed by atoms with Gasteiger partial charge in [0.2, 0.25) is 0 Å². The smallest absolute Gasteiger partial charge is 0.164 e. The Morgan fingerprint density at radius 1 is 0.686 bits per heavy atom. The first-order valence-corrected chi connectivity index (χ1v) is 20.8. The summed E-state index contributed by atoms with van der Waals surface area (Å²) < 4.78 is 27.7. The van der Waals surface area contributed by atoms with E-state index in [1.165, 1.54) is 36.0 Å². The highest BCUT2D eigenvalue weighted by Crippen LogP contribution is 2.61. The molecule has 6 aliphatic carbocycles. The summed E-state index contributed by atoms with van der Waals surface area (Å²) >= 11 is 5.85. The van der Waals surface area contributed by atoms with Crippen molar-refractivity contribution < 1.29 is 27.6 Å². The third-order valence-corrected chi connectivity index (χ3v) is 16.7. The van der Waals surface area contributed by atoms with Crippen LogP contribution in [0.25, 0.3) is 0 Å². The first kappa shape index (κ1) is 35.9. The molecule has 7 fully saturated rings. The molecular weight excluding hydrogens is 662 g/mol. The van der Waals surface area contributed by atoms with Crippen LogP contribution < -0.4 is 0 Å². The molecular formula is C44H59ClF2N2O2+2. The number of carbonyl (C=O) groups is 2. The second kappa shape index (κ2) is 13.3. The number of rotatable bonds is 1. The van der Waals surface area contributed by atoms with Gasteiger partial charge in [0.25, 0.3) is 0 Å². The van der Waals surface area contributed by atoms with Crippen LogP contribution in [-0.4, -0.2) is 66.0 Å². The van der Waals surface area contributed by atoms with Crippen molar-refractivity contribution in [1.82, 2.24) is 0 Å². The number of nitrogens with zero attached hydrogens (tertiary/aromatic N) is 2. The Morgan fingerprint density at radius 3 is 1.69 bits per heavy atom. The van der Waals surface area contributed by atoms with Crippen molar-refractivity contribution in [2.75, 3.05) is 45.3 Å². The van der Waals surface area contributed by atoms with Crippen LogP contribution in [0.1, 0.15) is 118 Å². The standard InChI is InChI=1S/C19H24O.C18H21FO.C7H14ClFN2/c1-12-3-5-14-13(11-12)4-6-16-15(14)9-10-19(2)17(16)7-8-18(19)20;1-18-9-8-14-13-5-3-12(19)10-11(13)2-4-15(14)16(18)6-7-17(18)20;8-7-10-1-4-11(9,5-2-10)6-3-10/h3,5,11,15-17H,4,6-10H2,1-2H3;3,5,10,14-16H,2,4,6-9H2,1H3;1-7H2/q;;+2/t15-,16-,17+,19+;14-,15-,16+,18+;/m11./s1. The molecule has 51 heavy (non-hydrogen) atoms. The second-order valence-corrected chi connectivity index (χ2v) is 18.8. The van der Waals surface area contributed by atoms with Gasteiger partial charge in [-0.25, -0.2) is 4.39 Å². The minimum atomic E-state index is -0.198. The van der Waals surface area contributed by atoms with Crippen LogP contribution in [0.4, 0.5) is 8.87 Å². The van der Waals surface area contributed by atoms with Gasteiger partial charge >= 0.3 is 0 Å². The number of benzene rings is 2. The Labute approximate surface area is 309 Å². The van der Waals surface area contributed by atoms with E-state index in [0.29, 0.717) is 60.9 Å². The number of carbonyl (C=O) groups excluding carboxylic acids is 2. The molecule has 0 amide bonds. The molecule has 3 aliphatic heterocycles. The van der Waals surface area contributed by atoms with Gasteiger partial charge in [-0.1, -0.05) is 55.3 Å². The lowest BCUT2D eigenvalue weighted by molar-refractivity contribution is -1.15. The van der Waals surface area contributed by atoms with Crippen LogP contribution in [0, 0.1) is 47.2 Å². The first-order valence-electron chi connectivity index (χ1n) is 20.3. The van der Waals surface area contributed by atoms with Crippen molar-refractivity contribution in [3.8, 4) is 0 Å². The zero-order chi connectivity index (χ0) is 35.8. The maximum atomic E-state index is 13.5. The van der Waals surface area contributed by atoms with Crippen molar-refractivity contribution in [3.05, 3.63) is 70.0 Å². The fourth-order valence-electron chi connectivity index (χ4n) is 12.8. The Balaban J connectivity index is 0.000000115. The van der Waals surface area contributed by atoms with Gasteiger partial charge < -0.3 is 0 Å². The van der Waals surface area contributed by atoms with Crippen LogP contribution in [0.2, 0.25) is 0 Å². The van der Waals surface area contributed by atoms with Gasteiger partial charge in [-0.05, 0) is 146 Å². The summed E-state index contributed by atoms with van der Waals surface area (Å²) in [4.78, 5) is 24.5. The van der Waals surface area contributed by atoms with Crippen LogP contribution >= 0.6 is 11.6 Å². The van der Waals surface area contributed by atoms with Crippen LogP contribution in [0.3, 0.4) is 0 Å². The molecule has 3 saturated heterocycles.